The zero-order valence-electron chi connectivity index (χ0n) is 13.9. The second-order valence-corrected chi connectivity index (χ2v) is 7.24. The summed E-state index contributed by atoms with van der Waals surface area (Å²) in [5.41, 5.74) is 1.78. The van der Waals surface area contributed by atoms with Crippen molar-refractivity contribution >= 4 is 22.4 Å². The summed E-state index contributed by atoms with van der Waals surface area (Å²) in [5, 5.41) is 8.86. The first kappa shape index (κ1) is 16.4. The molecular formula is C18H21N3O3S. The average molecular weight is 359 g/mol. The van der Waals surface area contributed by atoms with Crippen molar-refractivity contribution in [2.24, 2.45) is 5.92 Å². The van der Waals surface area contributed by atoms with Crippen LogP contribution in [0.25, 0.3) is 11.3 Å². The fraction of sp³-hybridized carbons (Fsp3) is 0.444. The van der Waals surface area contributed by atoms with Gasteiger partial charge in [-0.25, -0.2) is 4.98 Å². The van der Waals surface area contributed by atoms with E-state index in [1.807, 2.05) is 23.6 Å². The van der Waals surface area contributed by atoms with Crippen LogP contribution in [-0.2, 0) is 4.79 Å². The number of anilines is 1. The number of rotatable bonds is 5. The number of nitrogens with zero attached hydrogens (tertiary/aromatic N) is 1. The number of aromatic nitrogens is 1. The van der Waals surface area contributed by atoms with E-state index in [0.717, 1.165) is 42.3 Å². The highest BCUT2D eigenvalue weighted by Gasteiger charge is 2.17. The molecule has 1 saturated heterocycles. The zero-order chi connectivity index (χ0) is 17.1. The first-order chi connectivity index (χ1) is 12.3. The Balaban J connectivity index is 1.34. The Morgan fingerprint density at radius 1 is 1.28 bits per heavy atom. The van der Waals surface area contributed by atoms with Crippen LogP contribution in [0.3, 0.4) is 0 Å². The minimum Gasteiger partial charge on any atom is -0.454 e. The number of piperidine rings is 1. The summed E-state index contributed by atoms with van der Waals surface area (Å²) in [6, 6.07) is 5.75. The first-order valence-corrected chi connectivity index (χ1v) is 9.52. The molecule has 0 radical (unpaired) electrons. The van der Waals surface area contributed by atoms with E-state index in [4.69, 9.17) is 9.47 Å². The second-order valence-electron chi connectivity index (χ2n) is 6.39. The predicted octanol–water partition coefficient (Wildman–Crippen LogP) is 3.26. The molecule has 2 N–H and O–H groups in total. The summed E-state index contributed by atoms with van der Waals surface area (Å²) in [4.78, 5) is 16.7. The highest BCUT2D eigenvalue weighted by atomic mass is 32.1. The van der Waals surface area contributed by atoms with E-state index in [2.05, 4.69) is 15.6 Å². The van der Waals surface area contributed by atoms with Gasteiger partial charge >= 0.3 is 0 Å². The molecule has 0 spiro atoms. The Labute approximate surface area is 150 Å². The van der Waals surface area contributed by atoms with Gasteiger partial charge in [-0.2, -0.15) is 0 Å². The van der Waals surface area contributed by atoms with Gasteiger partial charge in [-0.15, -0.1) is 11.3 Å². The van der Waals surface area contributed by atoms with Gasteiger partial charge in [0.05, 0.1) is 5.69 Å². The van der Waals surface area contributed by atoms with Crippen LogP contribution in [0.2, 0.25) is 0 Å². The molecule has 2 aliphatic rings. The highest BCUT2D eigenvalue weighted by Crippen LogP contribution is 2.36. The first-order valence-electron chi connectivity index (χ1n) is 8.64. The van der Waals surface area contributed by atoms with Crippen molar-refractivity contribution in [1.82, 2.24) is 10.3 Å². The molecule has 1 aromatic heterocycles. The molecule has 132 valence electrons. The number of hydrogen-bond donors (Lipinski definition) is 2. The van der Waals surface area contributed by atoms with Gasteiger partial charge in [0.2, 0.25) is 12.7 Å². The number of benzene rings is 1. The lowest BCUT2D eigenvalue weighted by molar-refractivity contribution is -0.116. The van der Waals surface area contributed by atoms with Gasteiger partial charge in [-0.3, -0.25) is 4.79 Å². The van der Waals surface area contributed by atoms with E-state index in [-0.39, 0.29) is 12.7 Å². The maximum Gasteiger partial charge on any atom is 0.231 e. The van der Waals surface area contributed by atoms with Crippen molar-refractivity contribution in [3.05, 3.63) is 23.6 Å². The van der Waals surface area contributed by atoms with Gasteiger partial charge in [-0.1, -0.05) is 0 Å². The third-order valence-corrected chi connectivity index (χ3v) is 5.41. The second kappa shape index (κ2) is 7.41. The van der Waals surface area contributed by atoms with Gasteiger partial charge < -0.3 is 20.1 Å². The molecule has 4 rings (SSSR count). The van der Waals surface area contributed by atoms with E-state index in [1.165, 1.54) is 24.2 Å². The van der Waals surface area contributed by atoms with Crippen LogP contribution in [0.15, 0.2) is 23.6 Å². The van der Waals surface area contributed by atoms with Gasteiger partial charge in [0.15, 0.2) is 16.6 Å². The molecule has 0 atom stereocenters. The number of thiazole rings is 1. The number of ether oxygens (including phenoxy) is 2. The summed E-state index contributed by atoms with van der Waals surface area (Å²) in [5.74, 6) is 2.20. The summed E-state index contributed by atoms with van der Waals surface area (Å²) in [6.45, 7) is 2.39. The number of carbonyl (C=O) groups is 1. The van der Waals surface area contributed by atoms with Crippen molar-refractivity contribution in [1.29, 1.82) is 0 Å². The van der Waals surface area contributed by atoms with Crippen molar-refractivity contribution in [3.8, 4) is 22.8 Å². The molecule has 2 aromatic rings. The molecule has 25 heavy (non-hydrogen) atoms. The summed E-state index contributed by atoms with van der Waals surface area (Å²) < 4.78 is 10.7. The van der Waals surface area contributed by atoms with Gasteiger partial charge in [-0.05, 0) is 56.5 Å². The summed E-state index contributed by atoms with van der Waals surface area (Å²) in [7, 11) is 0. The lowest BCUT2D eigenvalue weighted by Gasteiger charge is -2.21. The van der Waals surface area contributed by atoms with Crippen LogP contribution in [0.1, 0.15) is 25.7 Å². The highest BCUT2D eigenvalue weighted by molar-refractivity contribution is 7.14. The molecule has 0 aliphatic carbocycles. The molecule has 0 bridgehead atoms. The van der Waals surface area contributed by atoms with E-state index < -0.39 is 0 Å². The number of carbonyl (C=O) groups excluding carboxylic acids is 1. The fourth-order valence-corrected chi connectivity index (χ4v) is 3.94. The van der Waals surface area contributed by atoms with E-state index in [1.54, 1.807) is 0 Å². The Kier molecular flexibility index (Phi) is 4.85. The Hall–Kier alpha value is -2.12. The molecule has 2 aliphatic heterocycles. The maximum absolute atomic E-state index is 12.2. The Bertz CT molecular complexity index is 756. The van der Waals surface area contributed by atoms with E-state index in [0.29, 0.717) is 17.5 Å². The molecule has 0 unspecified atom stereocenters. The van der Waals surface area contributed by atoms with Crippen molar-refractivity contribution < 1.29 is 14.3 Å². The summed E-state index contributed by atoms with van der Waals surface area (Å²) >= 11 is 1.44. The third-order valence-electron chi connectivity index (χ3n) is 4.66. The number of hydrogen-bond acceptors (Lipinski definition) is 6. The molecule has 1 aromatic carbocycles. The molecule has 0 saturated carbocycles. The largest absolute Gasteiger partial charge is 0.454 e. The quantitative estimate of drug-likeness (QED) is 0.857. The van der Waals surface area contributed by atoms with Crippen molar-refractivity contribution in [2.75, 3.05) is 25.2 Å². The van der Waals surface area contributed by atoms with Gasteiger partial charge in [0.25, 0.3) is 0 Å². The number of amides is 1. The van der Waals surface area contributed by atoms with Gasteiger partial charge in [0, 0.05) is 17.4 Å². The van der Waals surface area contributed by atoms with E-state index in [9.17, 15) is 4.79 Å². The van der Waals surface area contributed by atoms with Gasteiger partial charge in [0.1, 0.15) is 0 Å². The normalized spacial score (nSPS) is 16.8. The monoisotopic (exact) mass is 359 g/mol. The van der Waals surface area contributed by atoms with Crippen LogP contribution < -0.4 is 20.1 Å². The van der Waals surface area contributed by atoms with Crippen LogP contribution in [0.5, 0.6) is 11.5 Å². The van der Waals surface area contributed by atoms with Crippen molar-refractivity contribution in [3.63, 3.8) is 0 Å². The smallest absolute Gasteiger partial charge is 0.231 e. The lowest BCUT2D eigenvalue weighted by atomic mass is 9.93. The Morgan fingerprint density at radius 2 is 2.12 bits per heavy atom. The molecule has 1 amide bonds. The summed E-state index contributed by atoms with van der Waals surface area (Å²) in [6.07, 6.45) is 3.84. The van der Waals surface area contributed by atoms with Crippen LogP contribution in [-0.4, -0.2) is 30.8 Å². The molecule has 6 nitrogen and oxygen atoms in total. The SMILES string of the molecule is O=C(CCC1CCNCC1)Nc1nc(-c2ccc3c(c2)OCO3)cs1. The fourth-order valence-electron chi connectivity index (χ4n) is 3.21. The topological polar surface area (TPSA) is 72.5 Å². The minimum absolute atomic E-state index is 0.0464. The molecule has 3 heterocycles. The molecule has 1 fully saturated rings. The predicted molar refractivity (Wildman–Crippen MR) is 97.1 cm³/mol. The Morgan fingerprint density at radius 3 is 3.00 bits per heavy atom. The van der Waals surface area contributed by atoms with Crippen LogP contribution in [0.4, 0.5) is 5.13 Å². The maximum atomic E-state index is 12.2. The average Bonchev–Trinajstić information content (AvgIpc) is 3.29. The number of fused-ring (bicyclic) bond motifs is 1. The lowest BCUT2D eigenvalue weighted by Crippen LogP contribution is -2.28. The minimum atomic E-state index is 0.0464. The van der Waals surface area contributed by atoms with Crippen LogP contribution in [0, 0.1) is 5.92 Å². The zero-order valence-corrected chi connectivity index (χ0v) is 14.7. The number of nitrogens with one attached hydrogen (secondary N) is 2. The standard InChI is InChI=1S/C18H21N3O3S/c22-17(4-1-12-5-7-19-8-6-12)21-18-20-14(10-25-18)13-2-3-15-16(9-13)24-11-23-15/h2-3,9-10,12,19H,1,4-8,11H2,(H,20,21,22). The third kappa shape index (κ3) is 3.93. The molecule has 7 heteroatoms. The molecular weight excluding hydrogens is 338 g/mol. The van der Waals surface area contributed by atoms with Crippen molar-refractivity contribution in [2.45, 2.75) is 25.7 Å². The van der Waals surface area contributed by atoms with Crippen LogP contribution >= 0.6 is 11.3 Å². The van der Waals surface area contributed by atoms with E-state index >= 15 is 0 Å².